The molecule has 0 bridgehead atoms. The van der Waals surface area contributed by atoms with Crippen LogP contribution in [0.4, 0.5) is 5.95 Å². The number of likely N-dealkylation sites (N-methyl/N-ethyl adjacent to an activating group) is 1. The molecule has 0 aliphatic heterocycles. The van der Waals surface area contributed by atoms with E-state index in [1.54, 1.807) is 18.2 Å². The normalized spacial score (nSPS) is 12.1. The lowest BCUT2D eigenvalue weighted by atomic mass is 10.0. The molecular weight excluding hydrogens is 436 g/mol. The topological polar surface area (TPSA) is 72.5 Å². The average molecular weight is 469 g/mol. The fraction of sp³-hybridized carbons (Fsp3) is 0.241. The molecule has 3 aromatic carbocycles. The van der Waals surface area contributed by atoms with Gasteiger partial charge in [-0.2, -0.15) is 0 Å². The van der Waals surface area contributed by atoms with Crippen LogP contribution in [0.3, 0.4) is 0 Å². The predicted octanol–water partition coefficient (Wildman–Crippen LogP) is 4.38. The molecule has 1 atom stereocenters. The summed E-state index contributed by atoms with van der Waals surface area (Å²) in [6.07, 6.45) is 3.19. The quantitative estimate of drug-likeness (QED) is 0.338. The third kappa shape index (κ3) is 6.37. The van der Waals surface area contributed by atoms with Gasteiger partial charge in [0.2, 0.25) is 5.95 Å². The number of aromatic hydroxyl groups is 1. The molecule has 1 aromatic heterocycles. The lowest BCUT2D eigenvalue weighted by molar-refractivity contribution is 0.293. The Morgan fingerprint density at radius 3 is 2.43 bits per heavy atom. The summed E-state index contributed by atoms with van der Waals surface area (Å²) >= 11 is 0. The number of phenolic OH excluding ortho intramolecular Hbond substituents is 1. The Bertz CT molecular complexity index is 1340. The van der Waals surface area contributed by atoms with Crippen molar-refractivity contribution in [3.8, 4) is 5.75 Å². The van der Waals surface area contributed by atoms with Crippen LogP contribution < -0.4 is 10.5 Å². The van der Waals surface area contributed by atoms with Crippen molar-refractivity contribution in [3.63, 3.8) is 0 Å². The molecule has 0 unspecified atom stereocenters. The maximum Gasteiger partial charge on any atom is 0.252 e. The van der Waals surface area contributed by atoms with E-state index in [0.717, 1.165) is 23.2 Å². The van der Waals surface area contributed by atoms with Crippen LogP contribution in [0, 0.1) is 0 Å². The summed E-state index contributed by atoms with van der Waals surface area (Å²) in [5.74, 6) is 0.805. The van der Waals surface area contributed by atoms with Crippen LogP contribution in [0.5, 0.6) is 5.75 Å². The van der Waals surface area contributed by atoms with Crippen LogP contribution in [0.25, 0.3) is 10.8 Å². The highest BCUT2D eigenvalue weighted by Crippen LogP contribution is 2.19. The third-order valence-electron chi connectivity index (χ3n) is 6.20. The Hall–Kier alpha value is -3.90. The largest absolute Gasteiger partial charge is 0.508 e. The summed E-state index contributed by atoms with van der Waals surface area (Å²) in [7, 11) is 4.09. The molecule has 35 heavy (non-hydrogen) atoms. The maximum absolute atomic E-state index is 12.6. The molecule has 6 heteroatoms. The minimum Gasteiger partial charge on any atom is -0.508 e. The Morgan fingerprint density at radius 1 is 1.00 bits per heavy atom. The second kappa shape index (κ2) is 11.0. The molecule has 0 radical (unpaired) electrons. The fourth-order valence-corrected chi connectivity index (χ4v) is 4.26. The number of nitrogens with one attached hydrogen (secondary N) is 1. The van der Waals surface area contributed by atoms with E-state index < -0.39 is 0 Å². The van der Waals surface area contributed by atoms with Crippen LogP contribution in [-0.2, 0) is 12.8 Å². The van der Waals surface area contributed by atoms with Gasteiger partial charge in [0, 0.05) is 31.6 Å². The van der Waals surface area contributed by atoms with E-state index in [0.29, 0.717) is 25.5 Å². The molecule has 0 amide bonds. The van der Waals surface area contributed by atoms with E-state index in [4.69, 9.17) is 4.98 Å². The molecule has 0 spiro atoms. The van der Waals surface area contributed by atoms with Gasteiger partial charge in [-0.05, 0) is 54.5 Å². The van der Waals surface area contributed by atoms with Gasteiger partial charge in [0.25, 0.3) is 5.56 Å². The molecule has 0 aliphatic carbocycles. The molecule has 0 saturated heterocycles. The first kappa shape index (κ1) is 24.2. The van der Waals surface area contributed by atoms with Crippen molar-refractivity contribution in [2.45, 2.75) is 18.9 Å². The zero-order chi connectivity index (χ0) is 24.8. The van der Waals surface area contributed by atoms with Gasteiger partial charge in [0.05, 0.1) is 5.69 Å². The number of aromatic amines is 1. The van der Waals surface area contributed by atoms with E-state index in [1.807, 2.05) is 44.4 Å². The number of phenols is 1. The molecule has 4 aromatic rings. The summed E-state index contributed by atoms with van der Waals surface area (Å²) in [4.78, 5) is 24.6. The summed E-state index contributed by atoms with van der Waals surface area (Å²) < 4.78 is 0. The summed E-state index contributed by atoms with van der Waals surface area (Å²) in [6, 6.07) is 23.6. The van der Waals surface area contributed by atoms with Crippen molar-refractivity contribution in [2.24, 2.45) is 0 Å². The Kier molecular flexibility index (Phi) is 7.63. The third-order valence-corrected chi connectivity index (χ3v) is 6.20. The summed E-state index contributed by atoms with van der Waals surface area (Å²) in [6.45, 7) is 5.12. The highest BCUT2D eigenvalue weighted by molar-refractivity contribution is 5.83. The summed E-state index contributed by atoms with van der Waals surface area (Å²) in [5.41, 5.74) is 2.81. The van der Waals surface area contributed by atoms with Crippen LogP contribution >= 0.6 is 0 Å². The number of hydrogen-bond donors (Lipinski definition) is 2. The van der Waals surface area contributed by atoms with Crippen LogP contribution in [0.2, 0.25) is 0 Å². The zero-order valence-electron chi connectivity index (χ0n) is 20.3. The van der Waals surface area contributed by atoms with E-state index in [-0.39, 0.29) is 17.4 Å². The number of fused-ring (bicyclic) bond motifs is 1. The number of hydrogen-bond acceptors (Lipinski definition) is 5. The lowest BCUT2D eigenvalue weighted by Crippen LogP contribution is -2.43. The first-order chi connectivity index (χ1) is 16.9. The van der Waals surface area contributed by atoms with E-state index in [2.05, 4.69) is 51.7 Å². The number of aromatic nitrogens is 2. The van der Waals surface area contributed by atoms with Gasteiger partial charge >= 0.3 is 0 Å². The number of H-pyrrole nitrogens is 1. The van der Waals surface area contributed by atoms with E-state index in [9.17, 15) is 9.90 Å². The molecule has 180 valence electrons. The van der Waals surface area contributed by atoms with Crippen molar-refractivity contribution in [1.82, 2.24) is 14.9 Å². The van der Waals surface area contributed by atoms with Crippen molar-refractivity contribution < 1.29 is 5.11 Å². The first-order valence-corrected chi connectivity index (χ1v) is 11.8. The monoisotopic (exact) mass is 468 g/mol. The molecule has 0 saturated carbocycles. The Morgan fingerprint density at radius 2 is 1.71 bits per heavy atom. The van der Waals surface area contributed by atoms with Crippen LogP contribution in [-0.4, -0.2) is 53.2 Å². The van der Waals surface area contributed by atoms with Crippen LogP contribution in [0.1, 0.15) is 16.8 Å². The number of benzene rings is 3. The standard InChI is InChI=1S/C29H32N4O2/c1-4-15-33(20-26(32(2)3)18-21-10-13-27(34)14-11-21)29-30-25(19-28(35)31-29)17-22-9-12-23-7-5-6-8-24(23)16-22/h4-14,16,19,26,34H,1,15,17-18,20H2,2-3H3,(H,30,31,35)/t26-/m0/s1. The highest BCUT2D eigenvalue weighted by Gasteiger charge is 2.19. The van der Waals surface area contributed by atoms with Crippen molar-refractivity contribution in [2.75, 3.05) is 32.1 Å². The second-order valence-electron chi connectivity index (χ2n) is 9.10. The van der Waals surface area contributed by atoms with Gasteiger partial charge in [-0.1, -0.05) is 60.7 Å². The number of anilines is 1. The highest BCUT2D eigenvalue weighted by atomic mass is 16.3. The Balaban J connectivity index is 1.57. The lowest BCUT2D eigenvalue weighted by Gasteiger charge is -2.31. The zero-order valence-corrected chi connectivity index (χ0v) is 20.3. The molecular formula is C29H32N4O2. The molecule has 0 aliphatic rings. The van der Waals surface area contributed by atoms with E-state index in [1.165, 1.54) is 10.8 Å². The Labute approximate surface area is 206 Å². The SMILES string of the molecule is C=CCN(C[C@H](Cc1ccc(O)cc1)N(C)C)c1nc(Cc2ccc3ccccc3c2)cc(=O)[nH]1. The smallest absolute Gasteiger partial charge is 0.252 e. The number of rotatable bonds is 10. The predicted molar refractivity (Wildman–Crippen MR) is 143 cm³/mol. The molecule has 2 N–H and O–H groups in total. The molecule has 4 rings (SSSR count). The summed E-state index contributed by atoms with van der Waals surface area (Å²) in [5, 5.41) is 12.0. The first-order valence-electron chi connectivity index (χ1n) is 11.8. The van der Waals surface area contributed by atoms with Gasteiger partial charge in [0.15, 0.2) is 0 Å². The molecule has 6 nitrogen and oxygen atoms in total. The average Bonchev–Trinajstić information content (AvgIpc) is 2.84. The second-order valence-corrected chi connectivity index (χ2v) is 9.10. The molecule has 0 fully saturated rings. The van der Waals surface area contributed by atoms with Gasteiger partial charge in [-0.25, -0.2) is 4.98 Å². The van der Waals surface area contributed by atoms with Gasteiger partial charge in [-0.3, -0.25) is 9.78 Å². The van der Waals surface area contributed by atoms with E-state index >= 15 is 0 Å². The van der Waals surface area contributed by atoms with Gasteiger partial charge in [-0.15, -0.1) is 6.58 Å². The molecule has 1 heterocycles. The maximum atomic E-state index is 12.6. The van der Waals surface area contributed by atoms with Crippen LogP contribution in [0.15, 0.2) is 90.2 Å². The van der Waals surface area contributed by atoms with Crippen molar-refractivity contribution >= 4 is 16.7 Å². The minimum atomic E-state index is -0.167. The van der Waals surface area contributed by atoms with Crippen molar-refractivity contribution in [1.29, 1.82) is 0 Å². The van der Waals surface area contributed by atoms with Gasteiger partial charge < -0.3 is 14.9 Å². The minimum absolute atomic E-state index is 0.161. The fourth-order valence-electron chi connectivity index (χ4n) is 4.26. The van der Waals surface area contributed by atoms with Crippen molar-refractivity contribution in [3.05, 3.63) is 113 Å². The number of nitrogens with zero attached hydrogens (tertiary/aromatic N) is 3. The van der Waals surface area contributed by atoms with Gasteiger partial charge in [0.1, 0.15) is 5.75 Å².